The number of nitrogens with zero attached hydrogens (tertiary/aromatic N) is 6. The highest BCUT2D eigenvalue weighted by atomic mass is 28.4. The first kappa shape index (κ1) is 60.0. The largest absolute Gasteiger partial charge is 0.480 e. The number of rotatable bonds is 25. The molecule has 0 spiro atoms. The SMILES string of the molecule is C[C@@H](C(=O)O)N(C)C(=O)CCN(CCO[Si](C)(C)C(C)(C)C)C(=O)CN(CCO[Si](C)(C)C(C)(C)C)C(=O)CNC(=O)CCn1c(CN(C)N(C)C(=O)OCC2c3ccccc3-c3ccccc32)cc2ccccc21. The highest BCUT2D eigenvalue weighted by Crippen LogP contribution is 2.44. The van der Waals surface area contributed by atoms with E-state index in [1.165, 1.54) is 28.8 Å². The Bertz CT molecular complexity index is 2610. The number of benzene rings is 3. The number of para-hydroxylation sites is 1. The summed E-state index contributed by atoms with van der Waals surface area (Å²) in [4.78, 5) is 84.5. The van der Waals surface area contributed by atoms with Gasteiger partial charge < -0.3 is 43.3 Å². The second kappa shape index (κ2) is 25.3. The van der Waals surface area contributed by atoms with E-state index < -0.39 is 52.5 Å². The minimum Gasteiger partial charge on any atom is -0.480 e. The lowest BCUT2D eigenvalue weighted by Gasteiger charge is -2.37. The van der Waals surface area contributed by atoms with Crippen molar-refractivity contribution in [1.29, 1.82) is 0 Å². The molecule has 0 saturated heterocycles. The summed E-state index contributed by atoms with van der Waals surface area (Å²) < 4.78 is 20.8. The summed E-state index contributed by atoms with van der Waals surface area (Å²) >= 11 is 0. The highest BCUT2D eigenvalue weighted by molar-refractivity contribution is 6.74. The quantitative estimate of drug-likeness (QED) is 0.0480. The molecule has 410 valence electrons. The first-order chi connectivity index (χ1) is 35.0. The summed E-state index contributed by atoms with van der Waals surface area (Å²) in [6.45, 7) is 23.2. The van der Waals surface area contributed by atoms with Crippen molar-refractivity contribution in [3.8, 4) is 11.1 Å². The molecule has 5 amide bonds. The van der Waals surface area contributed by atoms with Crippen molar-refractivity contribution in [2.24, 2.45) is 0 Å². The van der Waals surface area contributed by atoms with Gasteiger partial charge in [0.05, 0.1) is 32.8 Å². The Morgan fingerprint density at radius 1 is 0.707 bits per heavy atom. The van der Waals surface area contributed by atoms with Crippen molar-refractivity contribution in [2.45, 2.75) is 123 Å². The zero-order chi connectivity index (χ0) is 55.6. The van der Waals surface area contributed by atoms with Gasteiger partial charge in [-0.25, -0.2) is 19.6 Å². The van der Waals surface area contributed by atoms with E-state index in [0.29, 0.717) is 6.54 Å². The summed E-state index contributed by atoms with van der Waals surface area (Å²) in [7, 11) is 0.414. The lowest BCUT2D eigenvalue weighted by Crippen LogP contribution is -2.50. The van der Waals surface area contributed by atoms with E-state index >= 15 is 0 Å². The lowest BCUT2D eigenvalue weighted by atomic mass is 9.98. The van der Waals surface area contributed by atoms with Crippen LogP contribution in [0.4, 0.5) is 4.79 Å². The van der Waals surface area contributed by atoms with Gasteiger partial charge in [-0.05, 0) is 83.0 Å². The Morgan fingerprint density at radius 2 is 1.24 bits per heavy atom. The van der Waals surface area contributed by atoms with E-state index in [1.807, 2.05) is 59.2 Å². The third-order valence-corrected chi connectivity index (χ3v) is 24.7. The fourth-order valence-corrected chi connectivity index (χ4v) is 10.4. The predicted molar refractivity (Wildman–Crippen MR) is 298 cm³/mol. The molecule has 0 fully saturated rings. The fourth-order valence-electron chi connectivity index (χ4n) is 8.38. The van der Waals surface area contributed by atoms with Crippen LogP contribution >= 0.6 is 0 Å². The fraction of sp³-hybridized carbons (Fsp3) is 0.536. The summed E-state index contributed by atoms with van der Waals surface area (Å²) in [5.74, 6) is -2.95. The average Bonchev–Trinajstić information content (AvgIpc) is 3.87. The summed E-state index contributed by atoms with van der Waals surface area (Å²) in [5, 5.41) is 16.3. The number of carbonyl (C=O) groups is 6. The Kier molecular flexibility index (Phi) is 20.3. The van der Waals surface area contributed by atoms with Crippen LogP contribution in [0.15, 0.2) is 78.9 Å². The van der Waals surface area contributed by atoms with Crippen LogP contribution in [0.1, 0.15) is 84.0 Å². The number of hydrogen-bond donors (Lipinski definition) is 2. The van der Waals surface area contributed by atoms with Crippen LogP contribution < -0.4 is 5.32 Å². The number of carbonyl (C=O) groups excluding carboxylic acids is 5. The maximum absolute atomic E-state index is 14.3. The Labute approximate surface area is 446 Å². The molecular formula is C56H83N7O10Si2. The summed E-state index contributed by atoms with van der Waals surface area (Å²) in [6, 6.07) is 25.2. The first-order valence-electron chi connectivity index (χ1n) is 26.0. The van der Waals surface area contributed by atoms with Gasteiger partial charge in [0.2, 0.25) is 23.6 Å². The Hall–Kier alpha value is -5.87. The molecule has 1 atom stereocenters. The maximum Gasteiger partial charge on any atom is 0.424 e. The molecule has 3 aromatic carbocycles. The number of amides is 5. The minimum atomic E-state index is -2.25. The molecular weight excluding hydrogens is 987 g/mol. The van der Waals surface area contributed by atoms with E-state index in [-0.39, 0.29) is 93.8 Å². The number of carboxylic acid groups (broad SMARTS) is 1. The molecule has 19 heteroatoms. The van der Waals surface area contributed by atoms with E-state index in [9.17, 15) is 33.9 Å². The normalized spacial score (nSPS) is 13.3. The van der Waals surface area contributed by atoms with Crippen molar-refractivity contribution in [2.75, 3.05) is 73.7 Å². The van der Waals surface area contributed by atoms with Crippen LogP contribution in [-0.4, -0.2) is 166 Å². The lowest BCUT2D eigenvalue weighted by molar-refractivity contribution is -0.148. The van der Waals surface area contributed by atoms with Crippen molar-refractivity contribution in [3.63, 3.8) is 0 Å². The number of hydrogen-bond acceptors (Lipinski definition) is 10. The number of nitrogens with one attached hydrogen (secondary N) is 1. The molecule has 4 aromatic rings. The van der Waals surface area contributed by atoms with Gasteiger partial charge in [0.1, 0.15) is 12.6 Å². The molecule has 0 saturated carbocycles. The monoisotopic (exact) mass is 1070 g/mol. The second-order valence-electron chi connectivity index (χ2n) is 22.7. The van der Waals surface area contributed by atoms with Crippen molar-refractivity contribution in [1.82, 2.24) is 34.6 Å². The maximum atomic E-state index is 14.3. The second-order valence-corrected chi connectivity index (χ2v) is 32.3. The third-order valence-electron chi connectivity index (χ3n) is 15.6. The molecule has 1 aromatic heterocycles. The molecule has 17 nitrogen and oxygen atoms in total. The molecule has 1 aliphatic carbocycles. The Morgan fingerprint density at radius 3 is 1.80 bits per heavy atom. The standard InChI is InChI=1S/C56H83N7O10Si2/c1-40(53(68)69)59(9)50(65)28-29-61(31-33-72-74(11,12)55(2,3)4)52(67)38-62(32-34-73-75(13,14)56(5,6)7)51(66)36-57-49(64)27-30-63-42(35-41-21-15-20-26-48(41)63)37-58(8)60(10)54(70)71-39-47-45-24-18-16-22-43(45)44-23-17-19-25-46(44)47/h15-26,35,40,47H,27-34,36-39H2,1-14H3,(H,57,64)(H,68,69)/t40-/m0/s1. The van der Waals surface area contributed by atoms with Gasteiger partial charge in [0.15, 0.2) is 16.6 Å². The molecule has 0 unspecified atom stereocenters. The zero-order valence-corrected chi connectivity index (χ0v) is 49.0. The van der Waals surface area contributed by atoms with Crippen molar-refractivity contribution < 1.29 is 47.5 Å². The van der Waals surface area contributed by atoms with Gasteiger partial charge in [0.25, 0.3) is 0 Å². The predicted octanol–water partition coefficient (Wildman–Crippen LogP) is 8.40. The van der Waals surface area contributed by atoms with Crippen LogP contribution in [0, 0.1) is 0 Å². The molecule has 1 aliphatic rings. The molecule has 5 rings (SSSR count). The number of aromatic nitrogens is 1. The number of hydrazine groups is 1. The zero-order valence-electron chi connectivity index (χ0n) is 47.0. The molecule has 1 heterocycles. The number of ether oxygens (including phenoxy) is 1. The molecule has 0 aliphatic heterocycles. The van der Waals surface area contributed by atoms with Crippen LogP contribution in [0.5, 0.6) is 0 Å². The van der Waals surface area contributed by atoms with Crippen LogP contribution in [0.2, 0.25) is 36.3 Å². The van der Waals surface area contributed by atoms with E-state index in [2.05, 4.69) is 97.3 Å². The number of likely N-dealkylation sites (N-methyl/N-ethyl adjacent to an activating group) is 1. The third kappa shape index (κ3) is 15.4. The molecule has 0 radical (unpaired) electrons. The van der Waals surface area contributed by atoms with Gasteiger partial charge >= 0.3 is 12.1 Å². The highest BCUT2D eigenvalue weighted by Gasteiger charge is 2.39. The number of carboxylic acids is 1. The van der Waals surface area contributed by atoms with Gasteiger partial charge in [-0.2, -0.15) is 0 Å². The smallest absolute Gasteiger partial charge is 0.424 e. The minimum absolute atomic E-state index is 0.0218. The molecule has 0 bridgehead atoms. The molecule has 75 heavy (non-hydrogen) atoms. The summed E-state index contributed by atoms with van der Waals surface area (Å²) in [5.41, 5.74) is 6.31. The van der Waals surface area contributed by atoms with Gasteiger partial charge in [0, 0.05) is 77.3 Å². The topological polar surface area (TPSA) is 184 Å². The van der Waals surface area contributed by atoms with E-state index in [4.69, 9.17) is 13.6 Å². The van der Waals surface area contributed by atoms with Crippen LogP contribution in [0.25, 0.3) is 22.0 Å². The molecule has 2 N–H and O–H groups in total. The van der Waals surface area contributed by atoms with Crippen LogP contribution in [-0.2, 0) is 50.7 Å². The Balaban J connectivity index is 1.25. The van der Waals surface area contributed by atoms with E-state index in [0.717, 1.165) is 43.8 Å². The summed E-state index contributed by atoms with van der Waals surface area (Å²) in [6.07, 6.45) is -0.603. The van der Waals surface area contributed by atoms with Crippen molar-refractivity contribution >= 4 is 63.2 Å². The van der Waals surface area contributed by atoms with Gasteiger partial charge in [-0.3, -0.25) is 19.2 Å². The van der Waals surface area contributed by atoms with Gasteiger partial charge in [-0.1, -0.05) is 108 Å². The van der Waals surface area contributed by atoms with Crippen molar-refractivity contribution in [3.05, 3.63) is 95.7 Å². The average molecular weight is 1070 g/mol. The number of aliphatic carboxylic acids is 1. The van der Waals surface area contributed by atoms with Gasteiger partial charge in [-0.15, -0.1) is 0 Å². The number of fused-ring (bicyclic) bond motifs is 4. The van der Waals surface area contributed by atoms with Crippen LogP contribution in [0.3, 0.4) is 0 Å². The first-order valence-corrected chi connectivity index (χ1v) is 31.8. The van der Waals surface area contributed by atoms with E-state index in [1.54, 1.807) is 19.1 Å². The number of aryl methyl sites for hydroxylation is 1.